The molecule has 5 heteroatoms. The van der Waals surface area contributed by atoms with E-state index >= 15 is 0 Å². The second-order valence-electron chi connectivity index (χ2n) is 5.23. The second kappa shape index (κ2) is 7.93. The van der Waals surface area contributed by atoms with E-state index in [1.165, 1.54) is 30.2 Å². The standard InChI is InChI=1S/C19H17FN2O2/c1-22(13-16-7-9-18(24-2)17(20)11-16)19(23)10-8-14-3-5-15(12-21)6-4-14/h3-11H,13H2,1-2H3/b10-8+. The molecule has 0 fully saturated rings. The average Bonchev–Trinajstić information content (AvgIpc) is 2.60. The van der Waals surface area contributed by atoms with Crippen LogP contribution in [-0.4, -0.2) is 25.0 Å². The maximum absolute atomic E-state index is 13.7. The predicted molar refractivity (Wildman–Crippen MR) is 89.6 cm³/mol. The van der Waals surface area contributed by atoms with Crippen LogP contribution in [-0.2, 0) is 11.3 Å². The summed E-state index contributed by atoms with van der Waals surface area (Å²) in [6.45, 7) is 0.289. The molecule has 2 aromatic carbocycles. The molecule has 0 saturated heterocycles. The van der Waals surface area contributed by atoms with E-state index in [9.17, 15) is 9.18 Å². The first-order valence-corrected chi connectivity index (χ1v) is 7.29. The van der Waals surface area contributed by atoms with Crippen molar-refractivity contribution in [2.75, 3.05) is 14.2 Å². The van der Waals surface area contributed by atoms with Gasteiger partial charge >= 0.3 is 0 Å². The summed E-state index contributed by atoms with van der Waals surface area (Å²) in [6, 6.07) is 13.6. The van der Waals surface area contributed by atoms with Crippen molar-refractivity contribution in [3.05, 3.63) is 71.0 Å². The van der Waals surface area contributed by atoms with E-state index in [1.54, 1.807) is 43.5 Å². The van der Waals surface area contributed by atoms with Crippen LogP contribution < -0.4 is 4.74 Å². The van der Waals surface area contributed by atoms with Crippen LogP contribution in [0, 0.1) is 17.1 Å². The number of rotatable bonds is 5. The molecule has 4 nitrogen and oxygen atoms in total. The summed E-state index contributed by atoms with van der Waals surface area (Å²) < 4.78 is 18.5. The molecular formula is C19H17FN2O2. The van der Waals surface area contributed by atoms with Gasteiger partial charge in [0.15, 0.2) is 11.6 Å². The summed E-state index contributed by atoms with van der Waals surface area (Å²) in [5.41, 5.74) is 2.07. The Hall–Kier alpha value is -3.13. The molecule has 2 rings (SSSR count). The number of carbonyl (C=O) groups excluding carboxylic acids is 1. The van der Waals surface area contributed by atoms with Crippen LogP contribution in [0.3, 0.4) is 0 Å². The molecular weight excluding hydrogens is 307 g/mol. The molecule has 0 saturated carbocycles. The number of nitriles is 1. The second-order valence-corrected chi connectivity index (χ2v) is 5.23. The molecule has 1 amide bonds. The third kappa shape index (κ3) is 4.43. The van der Waals surface area contributed by atoms with Gasteiger partial charge in [-0.1, -0.05) is 18.2 Å². The highest BCUT2D eigenvalue weighted by Crippen LogP contribution is 2.18. The van der Waals surface area contributed by atoms with Gasteiger partial charge in [-0.2, -0.15) is 5.26 Å². The van der Waals surface area contributed by atoms with Crippen molar-refractivity contribution in [1.29, 1.82) is 5.26 Å². The maximum Gasteiger partial charge on any atom is 0.246 e. The number of methoxy groups -OCH3 is 1. The lowest BCUT2D eigenvalue weighted by molar-refractivity contribution is -0.125. The Morgan fingerprint density at radius 1 is 1.29 bits per heavy atom. The van der Waals surface area contributed by atoms with Crippen LogP contribution >= 0.6 is 0 Å². The number of benzene rings is 2. The van der Waals surface area contributed by atoms with E-state index in [0.717, 1.165) is 5.56 Å². The van der Waals surface area contributed by atoms with Crippen molar-refractivity contribution in [3.63, 3.8) is 0 Å². The highest BCUT2D eigenvalue weighted by Gasteiger charge is 2.08. The van der Waals surface area contributed by atoms with Crippen molar-refractivity contribution >= 4 is 12.0 Å². The molecule has 0 heterocycles. The minimum atomic E-state index is -0.455. The van der Waals surface area contributed by atoms with Crippen LogP contribution in [0.5, 0.6) is 5.75 Å². The minimum Gasteiger partial charge on any atom is -0.494 e. The number of nitrogens with zero attached hydrogens (tertiary/aromatic N) is 2. The monoisotopic (exact) mass is 324 g/mol. The van der Waals surface area contributed by atoms with Crippen LogP contribution in [0.4, 0.5) is 4.39 Å². The number of amides is 1. The summed E-state index contributed by atoms with van der Waals surface area (Å²) >= 11 is 0. The molecule has 0 aliphatic rings. The number of carbonyl (C=O) groups is 1. The van der Waals surface area contributed by atoms with Gasteiger partial charge in [-0.15, -0.1) is 0 Å². The lowest BCUT2D eigenvalue weighted by atomic mass is 10.1. The smallest absolute Gasteiger partial charge is 0.246 e. The molecule has 24 heavy (non-hydrogen) atoms. The van der Waals surface area contributed by atoms with E-state index in [0.29, 0.717) is 11.1 Å². The van der Waals surface area contributed by atoms with E-state index in [4.69, 9.17) is 10.00 Å². The van der Waals surface area contributed by atoms with Crippen molar-refractivity contribution in [2.45, 2.75) is 6.54 Å². The zero-order chi connectivity index (χ0) is 17.5. The largest absolute Gasteiger partial charge is 0.494 e. The Balaban J connectivity index is 1.99. The summed E-state index contributed by atoms with van der Waals surface area (Å²) in [4.78, 5) is 13.6. The molecule has 2 aromatic rings. The first kappa shape index (κ1) is 17.2. The van der Waals surface area contributed by atoms with Gasteiger partial charge in [0.2, 0.25) is 5.91 Å². The van der Waals surface area contributed by atoms with Gasteiger partial charge in [-0.3, -0.25) is 4.79 Å². The third-order valence-electron chi connectivity index (χ3n) is 3.47. The molecule has 0 bridgehead atoms. The van der Waals surface area contributed by atoms with Gasteiger partial charge in [-0.05, 0) is 41.5 Å². The first-order valence-electron chi connectivity index (χ1n) is 7.29. The number of halogens is 1. The summed E-state index contributed by atoms with van der Waals surface area (Å²) in [7, 11) is 3.05. The lowest BCUT2D eigenvalue weighted by Gasteiger charge is -2.15. The number of likely N-dealkylation sites (N-methyl/N-ethyl adjacent to an activating group) is 1. The number of hydrogen-bond acceptors (Lipinski definition) is 3. The van der Waals surface area contributed by atoms with Crippen molar-refractivity contribution in [3.8, 4) is 11.8 Å². The molecule has 0 atom stereocenters. The Morgan fingerprint density at radius 3 is 2.58 bits per heavy atom. The first-order chi connectivity index (χ1) is 11.5. The zero-order valence-electron chi connectivity index (χ0n) is 13.5. The Kier molecular flexibility index (Phi) is 5.69. The predicted octanol–water partition coefficient (Wildman–Crippen LogP) is 3.38. The minimum absolute atomic E-state index is 0.174. The zero-order valence-corrected chi connectivity index (χ0v) is 13.5. The molecule has 0 aliphatic heterocycles. The Labute approximate surface area is 140 Å². The Morgan fingerprint density at radius 2 is 2.00 bits per heavy atom. The van der Waals surface area contributed by atoms with E-state index in [-0.39, 0.29) is 18.2 Å². The molecule has 122 valence electrons. The van der Waals surface area contributed by atoms with E-state index in [2.05, 4.69) is 0 Å². The number of hydrogen-bond donors (Lipinski definition) is 0. The van der Waals surface area contributed by atoms with Crippen LogP contribution in [0.1, 0.15) is 16.7 Å². The fourth-order valence-electron chi connectivity index (χ4n) is 2.12. The number of ether oxygens (including phenoxy) is 1. The highest BCUT2D eigenvalue weighted by molar-refractivity contribution is 5.91. The molecule has 0 unspecified atom stereocenters. The SMILES string of the molecule is COc1ccc(CN(C)C(=O)/C=C/c2ccc(C#N)cc2)cc1F. The van der Waals surface area contributed by atoms with Crippen LogP contribution in [0.15, 0.2) is 48.5 Å². The maximum atomic E-state index is 13.7. The van der Waals surface area contributed by atoms with E-state index < -0.39 is 5.82 Å². The van der Waals surface area contributed by atoms with Crippen molar-refractivity contribution in [2.24, 2.45) is 0 Å². The van der Waals surface area contributed by atoms with Crippen LogP contribution in [0.2, 0.25) is 0 Å². The van der Waals surface area contributed by atoms with Gasteiger partial charge in [-0.25, -0.2) is 4.39 Å². The lowest BCUT2D eigenvalue weighted by Crippen LogP contribution is -2.24. The average molecular weight is 324 g/mol. The summed E-state index contributed by atoms with van der Waals surface area (Å²) in [5.74, 6) is -0.479. The van der Waals surface area contributed by atoms with Crippen molar-refractivity contribution < 1.29 is 13.9 Å². The fraction of sp³-hybridized carbons (Fsp3) is 0.158. The van der Waals surface area contributed by atoms with Gasteiger partial charge in [0.25, 0.3) is 0 Å². The highest BCUT2D eigenvalue weighted by atomic mass is 19.1. The van der Waals surface area contributed by atoms with Gasteiger partial charge < -0.3 is 9.64 Å². The molecule has 0 radical (unpaired) electrons. The Bertz CT molecular complexity index is 792. The molecule has 0 spiro atoms. The normalized spacial score (nSPS) is 10.4. The molecule has 0 aromatic heterocycles. The van der Waals surface area contributed by atoms with Crippen molar-refractivity contribution in [1.82, 2.24) is 4.90 Å². The van der Waals surface area contributed by atoms with Gasteiger partial charge in [0.05, 0.1) is 18.7 Å². The third-order valence-corrected chi connectivity index (χ3v) is 3.47. The summed E-state index contributed by atoms with van der Waals surface area (Å²) in [6.07, 6.45) is 3.12. The van der Waals surface area contributed by atoms with Gasteiger partial charge in [0, 0.05) is 19.7 Å². The molecule has 0 N–H and O–H groups in total. The van der Waals surface area contributed by atoms with Crippen LogP contribution in [0.25, 0.3) is 6.08 Å². The van der Waals surface area contributed by atoms with E-state index in [1.807, 2.05) is 6.07 Å². The van der Waals surface area contributed by atoms with Gasteiger partial charge in [0.1, 0.15) is 0 Å². The quantitative estimate of drug-likeness (QED) is 0.792. The topological polar surface area (TPSA) is 53.3 Å². The molecule has 0 aliphatic carbocycles. The fourth-order valence-corrected chi connectivity index (χ4v) is 2.12. The summed E-state index contributed by atoms with van der Waals surface area (Å²) in [5, 5.41) is 8.75.